The monoisotopic (exact) mass is 525 g/mol. The first-order valence-electron chi connectivity index (χ1n) is 11.1. The molecule has 2 amide bonds. The summed E-state index contributed by atoms with van der Waals surface area (Å²) in [6.07, 6.45) is 1.58. The lowest BCUT2D eigenvalue weighted by Gasteiger charge is -2.42. The number of carbonyl (C=O) groups is 2. The second-order valence-corrected chi connectivity index (χ2v) is 11.8. The van der Waals surface area contributed by atoms with Gasteiger partial charge in [-0.2, -0.15) is 0 Å². The highest BCUT2D eigenvalue weighted by atomic mass is 32.2. The number of methoxy groups -OCH3 is 1. The number of thiophene rings is 1. The number of anilines is 1. The summed E-state index contributed by atoms with van der Waals surface area (Å²) in [7, 11) is 5.31. The van der Waals surface area contributed by atoms with E-state index in [1.807, 2.05) is 53.7 Å². The first-order valence-corrected chi connectivity index (χ1v) is 13.2. The van der Waals surface area contributed by atoms with Gasteiger partial charge in [0.2, 0.25) is 5.91 Å². The molecule has 0 bridgehead atoms. The molecule has 0 unspecified atom stereocenters. The molecule has 3 aliphatic rings. The average molecular weight is 526 g/mol. The number of fused-ring (bicyclic) bond motifs is 3. The number of amides is 2. The molecule has 35 heavy (non-hydrogen) atoms. The molecule has 0 saturated carbocycles. The molecule has 2 saturated heterocycles. The van der Waals surface area contributed by atoms with Crippen LogP contribution >= 0.6 is 35.3 Å². The van der Waals surface area contributed by atoms with E-state index in [2.05, 4.69) is 0 Å². The predicted octanol–water partition coefficient (Wildman–Crippen LogP) is 4.05. The number of nitrogens with zero attached hydrogens (tertiary/aromatic N) is 3. The summed E-state index contributed by atoms with van der Waals surface area (Å²) >= 11 is 8.77. The summed E-state index contributed by atoms with van der Waals surface area (Å²) in [6.45, 7) is 0.762. The third-order valence-corrected chi connectivity index (χ3v) is 10.4. The van der Waals surface area contributed by atoms with Crippen molar-refractivity contribution in [3.63, 3.8) is 0 Å². The van der Waals surface area contributed by atoms with Crippen LogP contribution in [0.4, 0.5) is 5.69 Å². The molecule has 2 fully saturated rings. The van der Waals surface area contributed by atoms with Crippen LogP contribution in [0.2, 0.25) is 0 Å². The van der Waals surface area contributed by atoms with Gasteiger partial charge in [-0.25, -0.2) is 0 Å². The van der Waals surface area contributed by atoms with Gasteiger partial charge in [0.05, 0.1) is 19.9 Å². The largest absolute Gasteiger partial charge is 0.497 e. The predicted molar refractivity (Wildman–Crippen MR) is 140 cm³/mol. The molecule has 6 rings (SSSR count). The summed E-state index contributed by atoms with van der Waals surface area (Å²) in [6, 6.07) is 13.3. The van der Waals surface area contributed by atoms with Crippen molar-refractivity contribution in [2.24, 2.45) is 0 Å². The minimum Gasteiger partial charge on any atom is -0.497 e. The first kappa shape index (κ1) is 22.8. The molecule has 7 nitrogen and oxygen atoms in total. The van der Waals surface area contributed by atoms with Gasteiger partial charge in [-0.1, -0.05) is 30.0 Å². The third-order valence-electron chi connectivity index (χ3n) is 7.44. The lowest BCUT2D eigenvalue weighted by Crippen LogP contribution is -2.62. The number of likely N-dealkylation sites (tertiary alicyclic amines) is 1. The van der Waals surface area contributed by atoms with E-state index in [1.54, 1.807) is 47.6 Å². The fraction of sp³-hybridized carbons (Fsp3) is 0.320. The SMILES string of the molecule is COc1ccc2c(c1)[C@]1(C(=O)N2C)N(C)C[C@@H](c2cccs2)[C@]12SC(=S)N(Cc1ccco1)C2=O. The molecule has 5 heterocycles. The minimum atomic E-state index is -1.25. The number of ether oxygens (including phenoxy) is 1. The Morgan fingerprint density at radius 1 is 1.17 bits per heavy atom. The minimum absolute atomic E-state index is 0.134. The highest BCUT2D eigenvalue weighted by Crippen LogP contribution is 2.67. The summed E-state index contributed by atoms with van der Waals surface area (Å²) < 4.78 is 10.4. The molecule has 0 aliphatic carbocycles. The second kappa shape index (κ2) is 7.92. The number of thioether (sulfide) groups is 1. The summed E-state index contributed by atoms with van der Waals surface area (Å²) in [5.41, 5.74) is 0.302. The average Bonchev–Trinajstić information content (AvgIpc) is 3.66. The Hall–Kier alpha value is -2.66. The first-order chi connectivity index (χ1) is 16.9. The van der Waals surface area contributed by atoms with Crippen LogP contribution in [0.25, 0.3) is 0 Å². The number of thiocarbonyl (C=S) groups is 1. The quantitative estimate of drug-likeness (QED) is 0.476. The van der Waals surface area contributed by atoms with Gasteiger partial charge in [-0.05, 0) is 48.8 Å². The Morgan fingerprint density at radius 2 is 2.00 bits per heavy atom. The van der Waals surface area contributed by atoms with E-state index in [0.29, 0.717) is 22.4 Å². The highest BCUT2D eigenvalue weighted by Gasteiger charge is 2.78. The van der Waals surface area contributed by atoms with E-state index in [-0.39, 0.29) is 24.3 Å². The van der Waals surface area contributed by atoms with Crippen LogP contribution in [0.3, 0.4) is 0 Å². The molecule has 1 aromatic carbocycles. The van der Waals surface area contributed by atoms with Gasteiger partial charge in [0.25, 0.3) is 5.91 Å². The Bertz CT molecular complexity index is 1340. The maximum absolute atomic E-state index is 14.6. The molecule has 3 aromatic rings. The smallest absolute Gasteiger partial charge is 0.254 e. The summed E-state index contributed by atoms with van der Waals surface area (Å²) in [5, 5.41) is 2.01. The fourth-order valence-corrected chi connectivity index (χ4v) is 9.02. The van der Waals surface area contributed by atoms with E-state index in [9.17, 15) is 9.59 Å². The Kier molecular flexibility index (Phi) is 5.16. The van der Waals surface area contributed by atoms with Crippen molar-refractivity contribution in [3.05, 3.63) is 70.3 Å². The Balaban J connectivity index is 1.61. The molecule has 10 heteroatoms. The van der Waals surface area contributed by atoms with Gasteiger partial charge in [-0.15, -0.1) is 11.3 Å². The van der Waals surface area contributed by atoms with Crippen LogP contribution in [-0.2, 0) is 21.7 Å². The number of hydrogen-bond acceptors (Lipinski definition) is 8. The molecule has 180 valence electrons. The fourth-order valence-electron chi connectivity index (χ4n) is 5.94. The standard InChI is InChI=1S/C25H23N3O4S3/c1-26-14-18(20-7-5-11-34-20)25(22(30)28(23(33)35-25)13-16-6-4-10-32-16)24(26)17-12-15(31-3)8-9-19(17)27(2)21(24)29/h4-12,18H,13-14H2,1-3H3/t18-,24+,25+/m0/s1. The van der Waals surface area contributed by atoms with Crippen molar-refractivity contribution >= 4 is 57.1 Å². The zero-order chi connectivity index (χ0) is 24.5. The molecule has 2 aromatic heterocycles. The van der Waals surface area contributed by atoms with Gasteiger partial charge in [0, 0.05) is 35.6 Å². The van der Waals surface area contributed by atoms with E-state index in [1.165, 1.54) is 11.8 Å². The van der Waals surface area contributed by atoms with Crippen molar-refractivity contribution in [2.75, 3.05) is 32.6 Å². The van der Waals surface area contributed by atoms with Crippen molar-refractivity contribution in [1.29, 1.82) is 0 Å². The normalized spacial score (nSPS) is 28.2. The van der Waals surface area contributed by atoms with Crippen molar-refractivity contribution in [1.82, 2.24) is 9.80 Å². The zero-order valence-electron chi connectivity index (χ0n) is 19.4. The van der Waals surface area contributed by atoms with Gasteiger partial charge in [0.1, 0.15) is 20.6 Å². The zero-order valence-corrected chi connectivity index (χ0v) is 21.8. The second-order valence-electron chi connectivity index (χ2n) is 8.98. The molecule has 3 aliphatic heterocycles. The van der Waals surface area contributed by atoms with Crippen LogP contribution in [-0.4, -0.2) is 58.4 Å². The molecule has 0 N–H and O–H groups in total. The van der Waals surface area contributed by atoms with Crippen molar-refractivity contribution < 1.29 is 18.7 Å². The van der Waals surface area contributed by atoms with Crippen LogP contribution < -0.4 is 9.64 Å². The molecule has 0 radical (unpaired) electrons. The maximum atomic E-state index is 14.6. The number of furan rings is 1. The maximum Gasteiger partial charge on any atom is 0.254 e. The van der Waals surface area contributed by atoms with Crippen LogP contribution in [0.15, 0.2) is 58.5 Å². The molecular weight excluding hydrogens is 502 g/mol. The summed E-state index contributed by atoms with van der Waals surface area (Å²) in [5.74, 6) is 0.747. The van der Waals surface area contributed by atoms with Gasteiger partial charge in [-0.3, -0.25) is 19.4 Å². The Labute approximate surface area is 216 Å². The molecule has 3 atom stereocenters. The number of benzene rings is 1. The van der Waals surface area contributed by atoms with Crippen LogP contribution in [0, 0.1) is 0 Å². The van der Waals surface area contributed by atoms with Crippen molar-refractivity contribution in [3.8, 4) is 5.75 Å². The van der Waals surface area contributed by atoms with E-state index < -0.39 is 10.3 Å². The number of likely N-dealkylation sites (N-methyl/N-ethyl adjacent to an activating group) is 2. The highest BCUT2D eigenvalue weighted by molar-refractivity contribution is 8.25. The third kappa shape index (κ3) is 2.79. The van der Waals surface area contributed by atoms with Gasteiger partial charge < -0.3 is 14.1 Å². The topological polar surface area (TPSA) is 66.2 Å². The number of hydrogen-bond donors (Lipinski definition) is 0. The molecule has 2 spiro atoms. The van der Waals surface area contributed by atoms with E-state index in [0.717, 1.165) is 16.1 Å². The number of rotatable bonds is 4. The lowest BCUT2D eigenvalue weighted by atomic mass is 9.73. The number of carbonyl (C=O) groups excluding carboxylic acids is 2. The lowest BCUT2D eigenvalue weighted by molar-refractivity contribution is -0.139. The van der Waals surface area contributed by atoms with Crippen LogP contribution in [0.1, 0.15) is 22.1 Å². The van der Waals surface area contributed by atoms with Crippen LogP contribution in [0.5, 0.6) is 5.75 Å². The van der Waals surface area contributed by atoms with E-state index >= 15 is 0 Å². The van der Waals surface area contributed by atoms with Gasteiger partial charge in [0.15, 0.2) is 5.54 Å². The Morgan fingerprint density at radius 3 is 2.69 bits per heavy atom. The van der Waals surface area contributed by atoms with Crippen molar-refractivity contribution in [2.45, 2.75) is 22.7 Å². The van der Waals surface area contributed by atoms with E-state index in [4.69, 9.17) is 21.4 Å². The molecular formula is C25H23N3O4S3. The van der Waals surface area contributed by atoms with Gasteiger partial charge >= 0.3 is 0 Å². The summed E-state index contributed by atoms with van der Waals surface area (Å²) in [4.78, 5) is 35.4.